The molecule has 4 heteroatoms. The van der Waals surface area contributed by atoms with Gasteiger partial charge in [-0.05, 0) is 43.9 Å². The van der Waals surface area contributed by atoms with E-state index in [1.54, 1.807) is 12.1 Å². The van der Waals surface area contributed by atoms with Crippen molar-refractivity contribution in [2.75, 3.05) is 12.4 Å². The number of carbonyl (C=O) groups is 1. The van der Waals surface area contributed by atoms with Crippen molar-refractivity contribution in [1.82, 2.24) is 0 Å². The van der Waals surface area contributed by atoms with Gasteiger partial charge in [-0.1, -0.05) is 48.5 Å². The molecule has 2 N–H and O–H groups in total. The van der Waals surface area contributed by atoms with E-state index in [-0.39, 0.29) is 11.3 Å². The normalized spacial score (nSPS) is 10.9. The lowest BCUT2D eigenvalue weighted by molar-refractivity contribution is -0.132. The largest absolute Gasteiger partial charge is 0.464 e. The number of nitrogens with one attached hydrogen (secondary N) is 2. The van der Waals surface area contributed by atoms with Crippen molar-refractivity contribution in [3.05, 3.63) is 77.9 Å². The first kappa shape index (κ1) is 19.4. The van der Waals surface area contributed by atoms with Crippen LogP contribution in [0.3, 0.4) is 0 Å². The van der Waals surface area contributed by atoms with Gasteiger partial charge in [0.1, 0.15) is 5.71 Å². The fourth-order valence-corrected chi connectivity index (χ4v) is 2.61. The van der Waals surface area contributed by atoms with Gasteiger partial charge in [0.05, 0.1) is 7.11 Å². The molecule has 0 aliphatic rings. The Labute approximate surface area is 155 Å². The number of aryl methyl sites for hydroxylation is 2. The quantitative estimate of drug-likeness (QED) is 0.422. The van der Waals surface area contributed by atoms with E-state index in [1.165, 1.54) is 12.7 Å². The van der Waals surface area contributed by atoms with E-state index < -0.39 is 5.97 Å². The lowest BCUT2D eigenvalue weighted by Gasteiger charge is -2.25. The molecular formula is C22H26N2O2. The van der Waals surface area contributed by atoms with Crippen LogP contribution >= 0.6 is 0 Å². The summed E-state index contributed by atoms with van der Waals surface area (Å²) >= 11 is 0. The van der Waals surface area contributed by atoms with Crippen LogP contribution in [0.2, 0.25) is 0 Å². The van der Waals surface area contributed by atoms with Crippen molar-refractivity contribution in [1.29, 1.82) is 5.41 Å². The van der Waals surface area contributed by atoms with Gasteiger partial charge >= 0.3 is 5.97 Å². The molecule has 0 heterocycles. The summed E-state index contributed by atoms with van der Waals surface area (Å²) in [6, 6.07) is 16.1. The van der Waals surface area contributed by atoms with Crippen LogP contribution in [0.1, 0.15) is 30.5 Å². The van der Waals surface area contributed by atoms with Crippen molar-refractivity contribution in [2.24, 2.45) is 0 Å². The number of anilines is 1. The Morgan fingerprint density at radius 3 is 2.42 bits per heavy atom. The topological polar surface area (TPSA) is 62.2 Å². The molecule has 2 aromatic carbocycles. The standard InChI is InChI=1S/C22H26N2O2/c1-5-22(2,3)24-19-15-17(12-11-16-9-7-6-8-10-16)13-14-18(19)20(23)21(25)26-4/h5-10,13-15,23-24H,1,11-12H2,2-4H3. The van der Waals surface area contributed by atoms with Crippen molar-refractivity contribution >= 4 is 17.4 Å². The van der Waals surface area contributed by atoms with Gasteiger partial charge in [-0.2, -0.15) is 0 Å². The molecular weight excluding hydrogens is 324 g/mol. The molecule has 2 aromatic rings. The van der Waals surface area contributed by atoms with Crippen molar-refractivity contribution in [3.8, 4) is 0 Å². The van der Waals surface area contributed by atoms with E-state index in [1.807, 2.05) is 44.2 Å². The number of ether oxygens (including phenoxy) is 1. The maximum atomic E-state index is 11.8. The third-order valence-electron chi connectivity index (χ3n) is 4.26. The SMILES string of the molecule is C=CC(C)(C)Nc1cc(CCc2ccccc2)ccc1C(=N)C(=O)OC. The summed E-state index contributed by atoms with van der Waals surface area (Å²) in [5.41, 5.74) is 3.14. The van der Waals surface area contributed by atoms with E-state index in [2.05, 4.69) is 24.0 Å². The minimum absolute atomic E-state index is 0.163. The molecule has 0 radical (unpaired) electrons. The van der Waals surface area contributed by atoms with E-state index in [0.717, 1.165) is 24.1 Å². The highest BCUT2D eigenvalue weighted by atomic mass is 16.5. The van der Waals surface area contributed by atoms with Gasteiger partial charge in [0, 0.05) is 16.8 Å². The lowest BCUT2D eigenvalue weighted by atomic mass is 9.98. The van der Waals surface area contributed by atoms with Crippen LogP contribution in [-0.4, -0.2) is 24.3 Å². The highest BCUT2D eigenvalue weighted by Gasteiger charge is 2.20. The molecule has 4 nitrogen and oxygen atoms in total. The Kier molecular flexibility index (Phi) is 6.34. The molecule has 0 saturated heterocycles. The molecule has 0 aromatic heterocycles. The first-order valence-electron chi connectivity index (χ1n) is 8.62. The van der Waals surface area contributed by atoms with Gasteiger partial charge in [0.25, 0.3) is 0 Å². The van der Waals surface area contributed by atoms with Crippen LogP contribution in [0.15, 0.2) is 61.2 Å². The number of methoxy groups -OCH3 is 1. The second-order valence-corrected chi connectivity index (χ2v) is 6.78. The number of hydrogen-bond donors (Lipinski definition) is 2. The number of benzene rings is 2. The number of rotatable bonds is 8. The second-order valence-electron chi connectivity index (χ2n) is 6.78. The lowest BCUT2D eigenvalue weighted by Crippen LogP contribution is -2.29. The van der Waals surface area contributed by atoms with E-state index >= 15 is 0 Å². The first-order chi connectivity index (χ1) is 12.4. The summed E-state index contributed by atoms with van der Waals surface area (Å²) in [6.45, 7) is 7.82. The Hall–Kier alpha value is -2.88. The Balaban J connectivity index is 2.30. The van der Waals surface area contributed by atoms with Gasteiger partial charge in [0.15, 0.2) is 0 Å². The average Bonchev–Trinajstić information content (AvgIpc) is 2.66. The molecule has 0 unspecified atom stereocenters. The first-order valence-corrected chi connectivity index (χ1v) is 8.62. The minimum atomic E-state index is -0.651. The molecule has 0 aliphatic heterocycles. The summed E-state index contributed by atoms with van der Waals surface area (Å²) in [6.07, 6.45) is 3.60. The van der Waals surface area contributed by atoms with Crippen LogP contribution in [0.25, 0.3) is 0 Å². The maximum absolute atomic E-state index is 11.8. The minimum Gasteiger partial charge on any atom is -0.464 e. The van der Waals surface area contributed by atoms with Gasteiger partial charge in [0.2, 0.25) is 0 Å². The van der Waals surface area contributed by atoms with Gasteiger partial charge < -0.3 is 10.1 Å². The second kappa shape index (κ2) is 8.48. The molecule has 136 valence electrons. The van der Waals surface area contributed by atoms with Gasteiger partial charge in [-0.3, -0.25) is 5.41 Å². The van der Waals surface area contributed by atoms with Crippen molar-refractivity contribution in [3.63, 3.8) is 0 Å². The summed E-state index contributed by atoms with van der Waals surface area (Å²) < 4.78 is 4.70. The molecule has 26 heavy (non-hydrogen) atoms. The molecule has 2 rings (SSSR count). The maximum Gasteiger partial charge on any atom is 0.356 e. The van der Waals surface area contributed by atoms with E-state index in [4.69, 9.17) is 10.1 Å². The predicted octanol–water partition coefficient (Wildman–Crippen LogP) is 4.39. The van der Waals surface area contributed by atoms with E-state index in [9.17, 15) is 4.79 Å². The number of hydrogen-bond acceptors (Lipinski definition) is 4. The Morgan fingerprint density at radius 2 is 1.81 bits per heavy atom. The monoisotopic (exact) mass is 350 g/mol. The summed E-state index contributed by atoms with van der Waals surface area (Å²) in [7, 11) is 1.28. The number of carbonyl (C=O) groups excluding carboxylic acids is 1. The van der Waals surface area contributed by atoms with Crippen molar-refractivity contribution in [2.45, 2.75) is 32.2 Å². The summed E-state index contributed by atoms with van der Waals surface area (Å²) in [4.78, 5) is 11.8. The van der Waals surface area contributed by atoms with Gasteiger partial charge in [-0.15, -0.1) is 6.58 Å². The molecule has 0 bridgehead atoms. The zero-order valence-corrected chi connectivity index (χ0v) is 15.6. The number of esters is 1. The van der Waals surface area contributed by atoms with Crippen LogP contribution in [0, 0.1) is 5.41 Å². The smallest absolute Gasteiger partial charge is 0.356 e. The highest BCUT2D eigenvalue weighted by molar-refractivity contribution is 6.43. The predicted molar refractivity (Wildman–Crippen MR) is 107 cm³/mol. The van der Waals surface area contributed by atoms with Crippen LogP contribution in [0.5, 0.6) is 0 Å². The third kappa shape index (κ3) is 5.06. The zero-order chi connectivity index (χ0) is 19.2. The fourth-order valence-electron chi connectivity index (χ4n) is 2.61. The third-order valence-corrected chi connectivity index (χ3v) is 4.26. The van der Waals surface area contributed by atoms with Gasteiger partial charge in [-0.25, -0.2) is 4.79 Å². The zero-order valence-electron chi connectivity index (χ0n) is 15.6. The Bertz CT molecular complexity index is 795. The molecule has 0 spiro atoms. The van der Waals surface area contributed by atoms with E-state index in [0.29, 0.717) is 5.56 Å². The molecule has 0 fully saturated rings. The Morgan fingerprint density at radius 1 is 1.15 bits per heavy atom. The molecule has 0 amide bonds. The van der Waals surface area contributed by atoms with Crippen LogP contribution < -0.4 is 5.32 Å². The van der Waals surface area contributed by atoms with Crippen LogP contribution in [-0.2, 0) is 22.4 Å². The molecule has 0 atom stereocenters. The van der Waals surface area contributed by atoms with Crippen molar-refractivity contribution < 1.29 is 9.53 Å². The van der Waals surface area contributed by atoms with Crippen LogP contribution in [0.4, 0.5) is 5.69 Å². The highest BCUT2D eigenvalue weighted by Crippen LogP contribution is 2.24. The summed E-state index contributed by atoms with van der Waals surface area (Å²) in [5, 5.41) is 11.5. The fraction of sp³-hybridized carbons (Fsp3) is 0.273. The molecule has 0 aliphatic carbocycles. The summed E-state index contributed by atoms with van der Waals surface area (Å²) in [5.74, 6) is -0.651. The average molecular weight is 350 g/mol. The molecule has 0 saturated carbocycles.